The number of nitrogens with zero attached hydrogens (tertiary/aromatic N) is 1. The molecule has 2 aromatic heterocycles. The van der Waals surface area contributed by atoms with E-state index in [4.69, 9.17) is 17.4 Å². The molecule has 0 aliphatic heterocycles. The fraction of sp³-hybridized carbons (Fsp3) is 0.182. The highest BCUT2D eigenvalue weighted by molar-refractivity contribution is 7.09. The summed E-state index contributed by atoms with van der Waals surface area (Å²) in [7, 11) is 0. The first-order chi connectivity index (χ1) is 7.81. The molecule has 0 saturated heterocycles. The van der Waals surface area contributed by atoms with Crippen molar-refractivity contribution in [2.45, 2.75) is 12.5 Å². The van der Waals surface area contributed by atoms with Crippen molar-refractivity contribution >= 4 is 22.9 Å². The summed E-state index contributed by atoms with van der Waals surface area (Å²) in [5, 5.41) is 2.69. The van der Waals surface area contributed by atoms with Gasteiger partial charge >= 0.3 is 0 Å². The normalized spacial score (nSPS) is 12.6. The molecule has 0 fully saturated rings. The number of halogens is 1. The van der Waals surface area contributed by atoms with Gasteiger partial charge in [0.25, 0.3) is 0 Å². The number of hydrogen-bond donors (Lipinski definition) is 2. The maximum Gasteiger partial charge on any atom is 0.0637 e. The van der Waals surface area contributed by atoms with Gasteiger partial charge in [0.15, 0.2) is 0 Å². The zero-order chi connectivity index (χ0) is 11.4. The highest BCUT2D eigenvalue weighted by atomic mass is 35.5. The van der Waals surface area contributed by atoms with Gasteiger partial charge in [-0.05, 0) is 23.1 Å². The second-order valence-electron chi connectivity index (χ2n) is 3.40. The van der Waals surface area contributed by atoms with Gasteiger partial charge in [-0.3, -0.25) is 16.3 Å². The number of aromatic nitrogens is 1. The van der Waals surface area contributed by atoms with Crippen molar-refractivity contribution in [3.63, 3.8) is 0 Å². The average Bonchev–Trinajstić information content (AvgIpc) is 2.80. The van der Waals surface area contributed by atoms with Crippen LogP contribution in [0.25, 0.3) is 0 Å². The quantitative estimate of drug-likeness (QED) is 0.650. The summed E-state index contributed by atoms with van der Waals surface area (Å²) in [6.45, 7) is 0. The first-order valence-electron chi connectivity index (χ1n) is 4.89. The predicted molar refractivity (Wildman–Crippen MR) is 67.3 cm³/mol. The Bertz CT molecular complexity index is 444. The SMILES string of the molecule is NNC(Cc1cccs1)c1ccncc1Cl. The average molecular weight is 254 g/mol. The molecule has 0 radical (unpaired) electrons. The van der Waals surface area contributed by atoms with Gasteiger partial charge in [0.1, 0.15) is 0 Å². The molecule has 0 spiro atoms. The van der Waals surface area contributed by atoms with Crippen LogP contribution in [0.2, 0.25) is 5.02 Å². The van der Waals surface area contributed by atoms with Crippen LogP contribution in [-0.2, 0) is 6.42 Å². The summed E-state index contributed by atoms with van der Waals surface area (Å²) in [6, 6.07) is 6.03. The highest BCUT2D eigenvalue weighted by Crippen LogP contribution is 2.25. The lowest BCUT2D eigenvalue weighted by Gasteiger charge is -2.16. The van der Waals surface area contributed by atoms with Crippen LogP contribution in [0.3, 0.4) is 0 Å². The fourth-order valence-electron chi connectivity index (χ4n) is 1.56. The predicted octanol–water partition coefficient (Wildman–Crippen LogP) is 2.54. The zero-order valence-electron chi connectivity index (χ0n) is 8.56. The van der Waals surface area contributed by atoms with E-state index >= 15 is 0 Å². The van der Waals surface area contributed by atoms with E-state index in [0.717, 1.165) is 12.0 Å². The second-order valence-corrected chi connectivity index (χ2v) is 4.84. The van der Waals surface area contributed by atoms with E-state index in [2.05, 4.69) is 21.9 Å². The summed E-state index contributed by atoms with van der Waals surface area (Å²) in [5.41, 5.74) is 3.77. The second kappa shape index (κ2) is 5.41. The van der Waals surface area contributed by atoms with Crippen LogP contribution in [0.1, 0.15) is 16.5 Å². The molecule has 3 N–H and O–H groups in total. The van der Waals surface area contributed by atoms with E-state index in [0.29, 0.717) is 5.02 Å². The van der Waals surface area contributed by atoms with Crippen LogP contribution in [0.5, 0.6) is 0 Å². The third-order valence-corrected chi connectivity index (χ3v) is 3.58. The van der Waals surface area contributed by atoms with E-state index in [1.165, 1.54) is 4.88 Å². The van der Waals surface area contributed by atoms with Gasteiger partial charge in [-0.15, -0.1) is 11.3 Å². The molecule has 0 aromatic carbocycles. The first kappa shape index (κ1) is 11.5. The van der Waals surface area contributed by atoms with Crippen molar-refractivity contribution in [2.24, 2.45) is 5.84 Å². The standard InChI is InChI=1S/C11H12ClN3S/c12-10-7-14-4-3-9(10)11(15-13)6-8-2-1-5-16-8/h1-5,7,11,15H,6,13H2. The van der Waals surface area contributed by atoms with Crippen molar-refractivity contribution in [3.8, 4) is 0 Å². The van der Waals surface area contributed by atoms with Gasteiger partial charge in [0, 0.05) is 23.7 Å². The molecule has 5 heteroatoms. The van der Waals surface area contributed by atoms with Crippen molar-refractivity contribution in [1.82, 2.24) is 10.4 Å². The first-order valence-corrected chi connectivity index (χ1v) is 6.15. The number of thiophene rings is 1. The molecule has 0 bridgehead atoms. The zero-order valence-corrected chi connectivity index (χ0v) is 10.1. The summed E-state index contributed by atoms with van der Waals surface area (Å²) in [6.07, 6.45) is 4.19. The number of hydrogen-bond acceptors (Lipinski definition) is 4. The topological polar surface area (TPSA) is 50.9 Å². The molecule has 1 unspecified atom stereocenters. The van der Waals surface area contributed by atoms with Gasteiger partial charge < -0.3 is 0 Å². The molecule has 1 atom stereocenters. The Morgan fingerprint density at radius 1 is 1.50 bits per heavy atom. The minimum atomic E-state index is 0.0224. The van der Waals surface area contributed by atoms with E-state index < -0.39 is 0 Å². The molecule has 0 saturated carbocycles. The highest BCUT2D eigenvalue weighted by Gasteiger charge is 2.14. The minimum Gasteiger partial charge on any atom is -0.271 e. The minimum absolute atomic E-state index is 0.0224. The van der Waals surface area contributed by atoms with E-state index in [9.17, 15) is 0 Å². The Morgan fingerprint density at radius 3 is 3.00 bits per heavy atom. The number of nitrogens with two attached hydrogens (primary N) is 1. The number of rotatable bonds is 4. The molecular formula is C11H12ClN3S. The molecular weight excluding hydrogens is 242 g/mol. The lowest BCUT2D eigenvalue weighted by Crippen LogP contribution is -2.29. The summed E-state index contributed by atoms with van der Waals surface area (Å²) in [4.78, 5) is 5.23. The molecule has 16 heavy (non-hydrogen) atoms. The molecule has 0 aliphatic carbocycles. The van der Waals surface area contributed by atoms with Crippen molar-refractivity contribution < 1.29 is 0 Å². The van der Waals surface area contributed by atoms with Gasteiger partial charge in [0.2, 0.25) is 0 Å². The van der Waals surface area contributed by atoms with Crippen LogP contribution in [0.4, 0.5) is 0 Å². The van der Waals surface area contributed by atoms with E-state index in [1.807, 2.05) is 12.1 Å². The van der Waals surface area contributed by atoms with Crippen molar-refractivity contribution in [1.29, 1.82) is 0 Å². The Labute approximate surface area is 103 Å². The van der Waals surface area contributed by atoms with Crippen LogP contribution in [-0.4, -0.2) is 4.98 Å². The number of hydrazine groups is 1. The lowest BCUT2D eigenvalue weighted by atomic mass is 10.1. The van der Waals surface area contributed by atoms with Crippen LogP contribution in [0.15, 0.2) is 36.0 Å². The fourth-order valence-corrected chi connectivity index (χ4v) is 2.56. The maximum absolute atomic E-state index is 6.08. The lowest BCUT2D eigenvalue weighted by molar-refractivity contribution is 0.555. The molecule has 2 rings (SSSR count). The molecule has 0 amide bonds. The third kappa shape index (κ3) is 2.59. The molecule has 2 heterocycles. The van der Waals surface area contributed by atoms with E-state index in [-0.39, 0.29) is 6.04 Å². The molecule has 3 nitrogen and oxygen atoms in total. The van der Waals surface area contributed by atoms with E-state index in [1.54, 1.807) is 23.7 Å². The number of nitrogens with one attached hydrogen (secondary N) is 1. The summed E-state index contributed by atoms with van der Waals surface area (Å²) < 4.78 is 0. The molecule has 84 valence electrons. The Kier molecular flexibility index (Phi) is 3.90. The molecule has 0 aliphatic rings. The van der Waals surface area contributed by atoms with Gasteiger partial charge in [-0.2, -0.15) is 0 Å². The smallest absolute Gasteiger partial charge is 0.0637 e. The monoisotopic (exact) mass is 253 g/mol. The molecule has 2 aromatic rings. The summed E-state index contributed by atoms with van der Waals surface area (Å²) in [5.74, 6) is 5.57. The third-order valence-electron chi connectivity index (χ3n) is 2.37. The van der Waals surface area contributed by atoms with Gasteiger partial charge in [-0.25, -0.2) is 0 Å². The Hall–Kier alpha value is -0.940. The van der Waals surface area contributed by atoms with Crippen molar-refractivity contribution in [3.05, 3.63) is 51.4 Å². The Morgan fingerprint density at radius 2 is 2.38 bits per heavy atom. The van der Waals surface area contributed by atoms with Crippen molar-refractivity contribution in [2.75, 3.05) is 0 Å². The largest absolute Gasteiger partial charge is 0.271 e. The van der Waals surface area contributed by atoms with Crippen LogP contribution in [0, 0.1) is 0 Å². The Balaban J connectivity index is 2.20. The van der Waals surface area contributed by atoms with Gasteiger partial charge in [-0.1, -0.05) is 17.7 Å². The number of pyridine rings is 1. The van der Waals surface area contributed by atoms with Crippen LogP contribution < -0.4 is 11.3 Å². The van der Waals surface area contributed by atoms with Crippen LogP contribution >= 0.6 is 22.9 Å². The van der Waals surface area contributed by atoms with Gasteiger partial charge in [0.05, 0.1) is 11.1 Å². The summed E-state index contributed by atoms with van der Waals surface area (Å²) >= 11 is 7.80. The maximum atomic E-state index is 6.08.